The summed E-state index contributed by atoms with van der Waals surface area (Å²) in [6, 6.07) is 7.79. The van der Waals surface area contributed by atoms with Crippen molar-refractivity contribution < 1.29 is 14.6 Å². The third kappa shape index (κ3) is 3.37. The molecule has 1 saturated carbocycles. The van der Waals surface area contributed by atoms with Gasteiger partial charge >= 0.3 is 5.97 Å². The zero-order chi connectivity index (χ0) is 16.3. The minimum absolute atomic E-state index is 0.157. The Labute approximate surface area is 138 Å². The van der Waals surface area contributed by atoms with E-state index in [0.29, 0.717) is 12.8 Å². The Morgan fingerprint density at radius 3 is 2.65 bits per heavy atom. The highest BCUT2D eigenvalue weighted by Gasteiger charge is 2.43. The molecule has 126 valence electrons. The molecule has 0 bridgehead atoms. The molecule has 1 heterocycles. The Hall–Kier alpha value is -1.55. The molecule has 1 aliphatic carbocycles. The summed E-state index contributed by atoms with van der Waals surface area (Å²) < 4.78 is 6.28. The van der Waals surface area contributed by atoms with Crippen molar-refractivity contribution in [2.75, 3.05) is 20.1 Å². The number of ether oxygens (including phenoxy) is 1. The highest BCUT2D eigenvalue weighted by molar-refractivity contribution is 5.82. The Balaban J connectivity index is 1.88. The second-order valence-corrected chi connectivity index (χ2v) is 7.09. The van der Waals surface area contributed by atoms with Gasteiger partial charge in [0.15, 0.2) is 0 Å². The maximum absolute atomic E-state index is 12.1. The van der Waals surface area contributed by atoms with Gasteiger partial charge in [0.1, 0.15) is 11.9 Å². The van der Waals surface area contributed by atoms with Crippen molar-refractivity contribution >= 4 is 5.97 Å². The maximum atomic E-state index is 12.1. The van der Waals surface area contributed by atoms with Gasteiger partial charge in [-0.1, -0.05) is 37.5 Å². The summed E-state index contributed by atoms with van der Waals surface area (Å²) in [6.07, 6.45) is 6.85. The lowest BCUT2D eigenvalue weighted by Crippen LogP contribution is -2.41. The minimum atomic E-state index is -0.768. The van der Waals surface area contributed by atoms with Crippen LogP contribution in [0.3, 0.4) is 0 Å². The first-order chi connectivity index (χ1) is 11.1. The minimum Gasteiger partial charge on any atom is -0.489 e. The number of piperidine rings is 1. The van der Waals surface area contributed by atoms with Gasteiger partial charge in [0.2, 0.25) is 0 Å². The largest absolute Gasteiger partial charge is 0.489 e. The van der Waals surface area contributed by atoms with Gasteiger partial charge in [-0.3, -0.25) is 4.79 Å². The van der Waals surface area contributed by atoms with E-state index in [1.54, 1.807) is 0 Å². The van der Waals surface area contributed by atoms with Crippen LogP contribution < -0.4 is 4.74 Å². The van der Waals surface area contributed by atoms with Crippen LogP contribution in [0.25, 0.3) is 0 Å². The van der Waals surface area contributed by atoms with E-state index in [1.165, 1.54) is 0 Å². The quantitative estimate of drug-likeness (QED) is 0.924. The topological polar surface area (TPSA) is 49.8 Å². The number of benzene rings is 1. The molecule has 3 rings (SSSR count). The first-order valence-corrected chi connectivity index (χ1v) is 8.80. The summed E-state index contributed by atoms with van der Waals surface area (Å²) in [5.41, 5.74) is 0.107. The van der Waals surface area contributed by atoms with E-state index >= 15 is 0 Å². The first-order valence-electron chi connectivity index (χ1n) is 8.80. The molecule has 1 aliphatic heterocycles. The Kier molecular flexibility index (Phi) is 4.90. The Bertz CT molecular complexity index is 551. The van der Waals surface area contributed by atoms with E-state index in [9.17, 15) is 9.90 Å². The zero-order valence-corrected chi connectivity index (χ0v) is 14.0. The van der Waals surface area contributed by atoms with Crippen molar-refractivity contribution in [2.24, 2.45) is 0 Å². The predicted molar refractivity (Wildman–Crippen MR) is 90.0 cm³/mol. The summed E-state index contributed by atoms with van der Waals surface area (Å²) in [4.78, 5) is 14.4. The van der Waals surface area contributed by atoms with Gasteiger partial charge in [-0.15, -0.1) is 0 Å². The number of hydrogen-bond acceptors (Lipinski definition) is 3. The third-order valence-electron chi connectivity index (χ3n) is 5.39. The van der Waals surface area contributed by atoms with E-state index in [2.05, 4.69) is 11.9 Å². The van der Waals surface area contributed by atoms with Crippen molar-refractivity contribution in [1.29, 1.82) is 0 Å². The molecule has 0 spiro atoms. The number of carboxylic acids is 1. The monoisotopic (exact) mass is 317 g/mol. The average molecular weight is 317 g/mol. The number of aliphatic carboxylic acids is 1. The van der Waals surface area contributed by atoms with Crippen LogP contribution in [0.15, 0.2) is 24.3 Å². The van der Waals surface area contributed by atoms with Crippen LogP contribution in [0.5, 0.6) is 5.75 Å². The third-order valence-corrected chi connectivity index (χ3v) is 5.39. The molecule has 1 aromatic rings. The fraction of sp³-hybridized carbons (Fsp3) is 0.632. The first kappa shape index (κ1) is 16.3. The highest BCUT2D eigenvalue weighted by Crippen LogP contribution is 2.44. The highest BCUT2D eigenvalue weighted by atomic mass is 16.5. The fourth-order valence-electron chi connectivity index (χ4n) is 4.11. The predicted octanol–water partition coefficient (Wildman–Crippen LogP) is 3.45. The van der Waals surface area contributed by atoms with E-state index < -0.39 is 11.4 Å². The second kappa shape index (κ2) is 6.91. The van der Waals surface area contributed by atoms with Gasteiger partial charge in [-0.25, -0.2) is 0 Å². The normalized spacial score (nSPS) is 25.0. The summed E-state index contributed by atoms with van der Waals surface area (Å²) >= 11 is 0. The molecule has 2 aliphatic rings. The second-order valence-electron chi connectivity index (χ2n) is 7.09. The van der Waals surface area contributed by atoms with Gasteiger partial charge < -0.3 is 14.7 Å². The molecule has 4 nitrogen and oxygen atoms in total. The maximum Gasteiger partial charge on any atom is 0.314 e. The van der Waals surface area contributed by atoms with E-state index in [1.807, 2.05) is 24.3 Å². The molecular formula is C19H27NO3. The Morgan fingerprint density at radius 1 is 1.22 bits per heavy atom. The van der Waals surface area contributed by atoms with Crippen LogP contribution >= 0.6 is 0 Å². The van der Waals surface area contributed by atoms with Crippen molar-refractivity contribution in [3.63, 3.8) is 0 Å². The van der Waals surface area contributed by atoms with Crippen LogP contribution in [0.2, 0.25) is 0 Å². The number of likely N-dealkylation sites (N-methyl/N-ethyl adjacent to an activating group) is 1. The van der Waals surface area contributed by atoms with Crippen LogP contribution in [-0.4, -0.2) is 42.2 Å². The molecule has 1 unspecified atom stereocenters. The molecule has 1 N–H and O–H groups in total. The van der Waals surface area contributed by atoms with Crippen LogP contribution in [0.1, 0.15) is 50.5 Å². The number of hydrogen-bond donors (Lipinski definition) is 1. The molecule has 0 radical (unpaired) electrons. The summed E-state index contributed by atoms with van der Waals surface area (Å²) in [5.74, 6) is 0.0751. The number of carboxylic acid groups (broad SMARTS) is 1. The molecule has 2 fully saturated rings. The van der Waals surface area contributed by atoms with Crippen LogP contribution in [0, 0.1) is 0 Å². The summed E-state index contributed by atoms with van der Waals surface area (Å²) in [5, 5.41) is 9.95. The Morgan fingerprint density at radius 2 is 1.96 bits per heavy atom. The fourth-order valence-corrected chi connectivity index (χ4v) is 4.11. The number of carbonyl (C=O) groups is 1. The van der Waals surface area contributed by atoms with E-state index in [0.717, 1.165) is 56.5 Å². The van der Waals surface area contributed by atoms with Crippen molar-refractivity contribution in [1.82, 2.24) is 4.90 Å². The average Bonchev–Trinajstić information content (AvgIpc) is 2.56. The molecule has 23 heavy (non-hydrogen) atoms. The van der Waals surface area contributed by atoms with Crippen LogP contribution in [0.4, 0.5) is 0 Å². The smallest absolute Gasteiger partial charge is 0.314 e. The van der Waals surface area contributed by atoms with Crippen molar-refractivity contribution in [2.45, 2.75) is 56.5 Å². The number of likely N-dealkylation sites (tertiary alicyclic amines) is 1. The lowest BCUT2D eigenvalue weighted by atomic mass is 9.69. The molecule has 0 aromatic heterocycles. The van der Waals surface area contributed by atoms with E-state index in [-0.39, 0.29) is 6.10 Å². The van der Waals surface area contributed by atoms with Gasteiger partial charge in [-0.05, 0) is 45.3 Å². The molecule has 4 heteroatoms. The molecular weight excluding hydrogens is 290 g/mol. The SMILES string of the molecule is CN1CCCC(Oc2ccccc2C2(C(=O)O)CCCCC2)C1. The van der Waals surface area contributed by atoms with Gasteiger partial charge in [-0.2, -0.15) is 0 Å². The van der Waals surface area contributed by atoms with E-state index in [4.69, 9.17) is 4.74 Å². The summed E-state index contributed by atoms with van der Waals surface area (Å²) in [6.45, 7) is 2.02. The molecule has 1 saturated heterocycles. The van der Waals surface area contributed by atoms with Gasteiger partial charge in [0.25, 0.3) is 0 Å². The number of para-hydroxylation sites is 1. The number of nitrogens with zero attached hydrogens (tertiary/aromatic N) is 1. The lowest BCUT2D eigenvalue weighted by molar-refractivity contribution is -0.145. The van der Waals surface area contributed by atoms with Crippen molar-refractivity contribution in [3.8, 4) is 5.75 Å². The molecule has 1 atom stereocenters. The molecule has 1 aromatic carbocycles. The van der Waals surface area contributed by atoms with Gasteiger partial charge in [0, 0.05) is 12.1 Å². The lowest BCUT2D eigenvalue weighted by Gasteiger charge is -2.36. The van der Waals surface area contributed by atoms with Crippen molar-refractivity contribution in [3.05, 3.63) is 29.8 Å². The summed E-state index contributed by atoms with van der Waals surface area (Å²) in [7, 11) is 2.11. The zero-order valence-electron chi connectivity index (χ0n) is 14.0. The molecule has 0 amide bonds. The number of rotatable bonds is 4. The van der Waals surface area contributed by atoms with Crippen LogP contribution in [-0.2, 0) is 10.2 Å². The standard InChI is InChI=1S/C19H27NO3/c1-20-13-7-8-15(14-20)23-17-10-4-3-9-16(17)19(18(21)22)11-5-2-6-12-19/h3-4,9-10,15H,2,5-8,11-14H2,1H3,(H,21,22). The van der Waals surface area contributed by atoms with Gasteiger partial charge in [0.05, 0.1) is 5.41 Å².